The minimum atomic E-state index is 0.590. The van der Waals surface area contributed by atoms with Crippen molar-refractivity contribution in [1.29, 1.82) is 0 Å². The summed E-state index contributed by atoms with van der Waals surface area (Å²) in [6.45, 7) is 1.39. The number of thiophene rings is 6. The fourth-order valence-electron chi connectivity index (χ4n) is 36.2. The first-order valence-electron chi connectivity index (χ1n) is 44.8. The zero-order valence-corrected chi connectivity index (χ0v) is 69.6. The lowest BCUT2D eigenvalue weighted by Crippen LogP contribution is -2.59. The summed E-state index contributed by atoms with van der Waals surface area (Å²) < 4.78 is 0. The summed E-state index contributed by atoms with van der Waals surface area (Å²) in [5.41, 5.74) is 15.2. The molecule has 31 rings (SSSR count). The van der Waals surface area contributed by atoms with Crippen LogP contribution in [0.2, 0.25) is 0 Å². The molecule has 16 aliphatic carbocycles. The molecule has 3 aromatic carbocycles. The molecule has 19 aliphatic rings. The molecule has 33 unspecified atom stereocenters. The van der Waals surface area contributed by atoms with Crippen molar-refractivity contribution in [2.75, 3.05) is 13.6 Å². The summed E-state index contributed by atoms with van der Waals surface area (Å²) in [4.78, 5) is 38.6. The number of aromatic amines is 2. The Bertz CT molecular complexity index is 6490. The number of fused-ring (bicyclic) bond motifs is 16. The van der Waals surface area contributed by atoms with Gasteiger partial charge in [0.2, 0.25) is 0 Å². The molecule has 0 amide bonds. The van der Waals surface area contributed by atoms with E-state index in [1.807, 2.05) is 56.7 Å². The van der Waals surface area contributed by atoms with Crippen LogP contribution in [0.5, 0.6) is 0 Å². The Morgan fingerprint density at radius 1 is 0.259 bits per heavy atom. The van der Waals surface area contributed by atoms with Gasteiger partial charge in [0.1, 0.15) is 0 Å². The highest BCUT2D eigenvalue weighted by Gasteiger charge is 2.90. The van der Waals surface area contributed by atoms with Gasteiger partial charge in [0, 0.05) is 115 Å². The number of nitrogens with zero attached hydrogens (tertiary/aromatic N) is 3. The zero-order chi connectivity index (χ0) is 74.4. The number of allylic oxidation sites excluding steroid dienone is 2. The van der Waals surface area contributed by atoms with Crippen LogP contribution < -0.4 is 0 Å². The third-order valence-electron chi connectivity index (χ3n) is 37.6. The van der Waals surface area contributed by atoms with Crippen molar-refractivity contribution in [1.82, 2.24) is 24.8 Å². The highest BCUT2D eigenvalue weighted by atomic mass is 32.1. The molecule has 3 aliphatic heterocycles. The molecule has 0 radical (unpaired) electrons. The Balaban J connectivity index is 0.451. The Morgan fingerprint density at radius 3 is 0.983 bits per heavy atom. The van der Waals surface area contributed by atoms with Gasteiger partial charge in [-0.2, -0.15) is 0 Å². The van der Waals surface area contributed by atoms with E-state index >= 15 is 0 Å². The summed E-state index contributed by atoms with van der Waals surface area (Å²) in [7, 11) is 2.66. The Hall–Kier alpha value is -7.84. The molecule has 11 heteroatoms. The quantitative estimate of drug-likeness (QED) is 0.134. The van der Waals surface area contributed by atoms with E-state index in [0.29, 0.717) is 6.04 Å². The monoisotopic (exact) mass is 1610 g/mol. The molecule has 9 aromatic heterocycles. The number of aromatic nitrogens is 4. The number of hydrogen-bond donors (Lipinski definition) is 2. The van der Waals surface area contributed by atoms with Crippen LogP contribution in [0.1, 0.15) is 72.2 Å². The maximum Gasteiger partial charge on any atom is 0.0745 e. The highest BCUT2D eigenvalue weighted by molar-refractivity contribution is 7.30. The average Bonchev–Trinajstić information content (AvgIpc) is 1.43. The summed E-state index contributed by atoms with van der Waals surface area (Å²) in [5.74, 6) is 34.4. The topological polar surface area (TPSA) is 60.6 Å². The van der Waals surface area contributed by atoms with Crippen molar-refractivity contribution >= 4 is 114 Å². The molecule has 0 spiro atoms. The van der Waals surface area contributed by atoms with E-state index in [0.717, 1.165) is 278 Å². The van der Waals surface area contributed by atoms with Crippen LogP contribution in [0.25, 0.3) is 139 Å². The molecular weight excluding hydrogens is 1520 g/mol. The maximum atomic E-state index is 5.64. The van der Waals surface area contributed by atoms with E-state index in [-0.39, 0.29) is 0 Å². The lowest BCUT2D eigenvalue weighted by atomic mass is 9.42. The minimum absolute atomic E-state index is 0.590. The van der Waals surface area contributed by atoms with Crippen molar-refractivity contribution in [3.05, 3.63) is 228 Å². The number of likely N-dealkylation sites (tertiary alicyclic amines) is 1. The molecule has 2 N–H and O–H groups in total. The molecule has 570 valence electrons. The SMILES string of the molecule is CN1CC2C3C4CCC5C6CCC7C8C=CC9C%10CCC%11C%12C%10C%10C9C8C8C7C6C6C5C4C4C3C(C%11C2C1c1ccc(-c2ccc(-c3ccc(-c5ccc(-c7ccc(-c9ccc(-c%11c%13nc(c(-c%14ccccc%14)c%14ccc([nH]%14)c(-c%14ccccc%14)c%14nc(c(-c%15ccccc%15)c%15ccc%11[nH]%15)C=C%14)C=C%13)s9)s7)s5)s3)s2)s1)C%12C1C%10C8C6C41. The molecule has 16 fully saturated rings. The van der Waals surface area contributed by atoms with E-state index in [2.05, 4.69) is 258 Å². The normalized spacial score (nSPS) is 40.5. The van der Waals surface area contributed by atoms with Gasteiger partial charge in [0.25, 0.3) is 0 Å². The van der Waals surface area contributed by atoms with Crippen LogP contribution in [-0.4, -0.2) is 38.4 Å². The van der Waals surface area contributed by atoms with E-state index in [1.54, 1.807) is 43.4 Å². The summed E-state index contributed by atoms with van der Waals surface area (Å²) in [5, 5.41) is 0. The number of benzene rings is 3. The van der Waals surface area contributed by atoms with Crippen LogP contribution in [0.15, 0.2) is 200 Å². The van der Waals surface area contributed by atoms with Crippen LogP contribution in [0.3, 0.4) is 0 Å². The van der Waals surface area contributed by atoms with Crippen molar-refractivity contribution in [3.63, 3.8) is 0 Å². The van der Waals surface area contributed by atoms with Gasteiger partial charge in [-0.05, 0) is 373 Å². The molecule has 8 bridgehead atoms. The molecule has 1 saturated heterocycles. The fraction of sp³-hybridized carbons (Fsp3) is 0.390. The van der Waals surface area contributed by atoms with Crippen LogP contribution in [0, 0.1) is 189 Å². The fourth-order valence-corrected chi connectivity index (χ4v) is 42.9. The average molecular weight is 1610 g/mol. The van der Waals surface area contributed by atoms with Crippen LogP contribution in [-0.2, 0) is 0 Å². The smallest absolute Gasteiger partial charge is 0.0745 e. The van der Waals surface area contributed by atoms with E-state index < -0.39 is 0 Å². The van der Waals surface area contributed by atoms with Gasteiger partial charge < -0.3 is 9.97 Å². The van der Waals surface area contributed by atoms with Gasteiger partial charge in [-0.1, -0.05) is 103 Å². The van der Waals surface area contributed by atoms with E-state index in [4.69, 9.17) is 9.97 Å². The molecule has 33 atom stereocenters. The predicted octanol–water partition coefficient (Wildman–Crippen LogP) is 26.8. The number of nitrogens with one attached hydrogen (secondary N) is 2. The lowest BCUT2D eigenvalue weighted by molar-refractivity contribution is -0.154. The lowest BCUT2D eigenvalue weighted by Gasteiger charge is -2.62. The molecule has 116 heavy (non-hydrogen) atoms. The Kier molecular flexibility index (Phi) is 12.9. The van der Waals surface area contributed by atoms with Crippen LogP contribution in [0.4, 0.5) is 0 Å². The molecular formula is C105H89N5S6. The highest BCUT2D eigenvalue weighted by Crippen LogP contribution is 2.93. The molecule has 12 heterocycles. The largest absolute Gasteiger partial charge is 0.354 e. The first kappa shape index (κ1) is 65.1. The molecule has 15 saturated carbocycles. The second-order valence-electron chi connectivity index (χ2n) is 40.2. The van der Waals surface area contributed by atoms with Gasteiger partial charge in [-0.3, -0.25) is 4.90 Å². The van der Waals surface area contributed by atoms with Crippen molar-refractivity contribution in [2.45, 2.75) is 44.6 Å². The first-order valence-corrected chi connectivity index (χ1v) is 49.7. The van der Waals surface area contributed by atoms with Crippen molar-refractivity contribution in [3.8, 4) is 92.6 Å². The van der Waals surface area contributed by atoms with Gasteiger partial charge >= 0.3 is 0 Å². The van der Waals surface area contributed by atoms with E-state index in [1.165, 1.54) is 55.3 Å². The number of rotatable bonds is 10. The predicted molar refractivity (Wildman–Crippen MR) is 479 cm³/mol. The Labute approximate surface area is 701 Å². The minimum Gasteiger partial charge on any atom is -0.354 e. The van der Waals surface area contributed by atoms with E-state index in [9.17, 15) is 0 Å². The zero-order valence-electron chi connectivity index (χ0n) is 64.7. The third kappa shape index (κ3) is 8.04. The van der Waals surface area contributed by atoms with Gasteiger partial charge in [-0.15, -0.1) is 68.0 Å². The summed E-state index contributed by atoms with van der Waals surface area (Å²) >= 11 is 11.9. The number of hydrogen-bond acceptors (Lipinski definition) is 9. The van der Waals surface area contributed by atoms with Crippen molar-refractivity contribution < 1.29 is 0 Å². The second kappa shape index (κ2) is 23.0. The standard InChI is InChI=1S/C105H89N5S6/c1-110-45-57-81-55-23-21-53-51-19-17-49-50-18-20-52-54-22-24-56-89-87(54)96-85(52)83(50)94-82(49)84(51)95-86(53)88(55)97-93(81)99(98(89)104-102(96)100(94)101(95)103(97)104)90(56)91(57)105(110)77-44-42-75(116-77)73-40-38-71(114-73)69-36-34-67(112-69)66-33-35-68(111-66)70-37-39-72(113-70)74-41-43-76(115-74)92-64-31-29-62(108-64)79(47-13-7-3-8-14-47)60-27-25-58(106-60)78(46-11-5-2-6-12-46)59-26-28-61(107-59)80(48-15-9-4-10-16-48)63-30-32-65(92)109-63/h2-16,18,20,25-44,49-57,81-91,93-106,109H,17,19,21-24,45H2,1H3. The second-order valence-corrected chi connectivity index (χ2v) is 46.7. The Morgan fingerprint density at radius 2 is 0.552 bits per heavy atom. The molecule has 12 aromatic rings. The summed E-state index contributed by atoms with van der Waals surface area (Å²) in [6.07, 6.45) is 24.6. The third-order valence-corrected chi connectivity index (χ3v) is 45.1. The van der Waals surface area contributed by atoms with Crippen LogP contribution >= 0.6 is 68.0 Å². The maximum absolute atomic E-state index is 5.64. The van der Waals surface area contributed by atoms with Crippen molar-refractivity contribution in [2.24, 2.45) is 189 Å². The molecule has 5 nitrogen and oxygen atoms in total. The number of H-pyrrole nitrogens is 2. The summed E-state index contributed by atoms with van der Waals surface area (Å²) in [6, 6.07) is 70.7. The van der Waals surface area contributed by atoms with Gasteiger partial charge in [0.05, 0.1) is 22.8 Å². The van der Waals surface area contributed by atoms with Gasteiger partial charge in [-0.25, -0.2) is 9.97 Å². The first-order chi connectivity index (χ1) is 57.4. The van der Waals surface area contributed by atoms with Gasteiger partial charge in [0.15, 0.2) is 0 Å².